The van der Waals surface area contributed by atoms with Crippen molar-refractivity contribution < 1.29 is 4.79 Å². The van der Waals surface area contributed by atoms with E-state index >= 15 is 0 Å². The summed E-state index contributed by atoms with van der Waals surface area (Å²) in [5, 5.41) is 3.05. The van der Waals surface area contributed by atoms with Gasteiger partial charge in [-0.2, -0.15) is 15.0 Å². The molecule has 0 unspecified atom stereocenters. The molecular weight excluding hydrogens is 324 g/mol. The lowest BCUT2D eigenvalue weighted by molar-refractivity contribution is -0.121. The van der Waals surface area contributed by atoms with Crippen molar-refractivity contribution >= 4 is 29.6 Å². The molecule has 0 saturated heterocycles. The van der Waals surface area contributed by atoms with E-state index in [4.69, 9.17) is 5.73 Å². The molecule has 0 aromatic carbocycles. The van der Waals surface area contributed by atoms with E-state index in [2.05, 4.69) is 20.3 Å². The predicted molar refractivity (Wildman–Crippen MR) is 99.0 cm³/mol. The van der Waals surface area contributed by atoms with Crippen LogP contribution < -0.4 is 16.0 Å². The molecule has 1 amide bonds. The molecule has 3 N–H and O–H groups in total. The average Bonchev–Trinajstić information content (AvgIpc) is 2.80. The Kier molecular flexibility index (Phi) is 7.08. The number of aromatic nitrogens is 3. The summed E-state index contributed by atoms with van der Waals surface area (Å²) in [7, 11) is 3.71. The van der Waals surface area contributed by atoms with E-state index in [1.807, 2.05) is 21.0 Å². The molecule has 2 rings (SSSR count). The second kappa shape index (κ2) is 9.05. The van der Waals surface area contributed by atoms with Gasteiger partial charge in [-0.25, -0.2) is 0 Å². The van der Waals surface area contributed by atoms with Crippen LogP contribution in [0.4, 0.5) is 11.9 Å². The molecule has 0 radical (unpaired) electrons. The zero-order valence-corrected chi connectivity index (χ0v) is 15.6. The lowest BCUT2D eigenvalue weighted by Crippen LogP contribution is -2.39. The van der Waals surface area contributed by atoms with Crippen molar-refractivity contribution in [2.24, 2.45) is 0 Å². The van der Waals surface area contributed by atoms with Crippen LogP contribution in [-0.2, 0) is 10.5 Å². The molecule has 0 aliphatic heterocycles. The number of amides is 1. The second-order valence-corrected chi connectivity index (χ2v) is 7.78. The van der Waals surface area contributed by atoms with Crippen molar-refractivity contribution in [3.63, 3.8) is 0 Å². The van der Waals surface area contributed by atoms with Gasteiger partial charge in [-0.3, -0.25) is 4.79 Å². The molecule has 1 aliphatic rings. The first kappa shape index (κ1) is 18.8. The van der Waals surface area contributed by atoms with Crippen LogP contribution in [-0.4, -0.2) is 46.2 Å². The Hall–Kier alpha value is -1.57. The first-order valence-electron chi connectivity index (χ1n) is 8.55. The Bertz CT molecular complexity index is 545. The summed E-state index contributed by atoms with van der Waals surface area (Å²) in [6.07, 6.45) is 7.18. The van der Waals surface area contributed by atoms with Crippen LogP contribution in [0.3, 0.4) is 0 Å². The number of carbonyl (C=O) groups is 1. The Morgan fingerprint density at radius 3 is 2.54 bits per heavy atom. The van der Waals surface area contributed by atoms with Gasteiger partial charge in [0, 0.05) is 20.1 Å². The standard InChI is InChI=1S/C16H28N6OS/c1-11(14(23)18-12-8-6-4-5-7-9-12)24-10-13-19-15(17)21-16(20-13)22(2)3/h11-12H,4-10H2,1-3H3,(H,18,23)(H2,17,19,20,21)/t11-/m0/s1. The molecule has 1 aliphatic carbocycles. The molecular formula is C16H28N6OS. The Balaban J connectivity index is 1.85. The van der Waals surface area contributed by atoms with E-state index in [0.29, 0.717) is 23.6 Å². The highest BCUT2D eigenvalue weighted by Gasteiger charge is 2.20. The molecule has 0 spiro atoms. The molecule has 1 saturated carbocycles. The molecule has 0 bridgehead atoms. The van der Waals surface area contributed by atoms with Crippen LogP contribution in [0.15, 0.2) is 0 Å². The predicted octanol–water partition coefficient (Wildman–Crippen LogP) is 1.98. The summed E-state index contributed by atoms with van der Waals surface area (Å²) in [5.74, 6) is 1.98. The Labute approximate surface area is 148 Å². The van der Waals surface area contributed by atoms with Gasteiger partial charge in [-0.1, -0.05) is 25.7 Å². The van der Waals surface area contributed by atoms with E-state index in [-0.39, 0.29) is 17.1 Å². The first-order valence-corrected chi connectivity index (χ1v) is 9.60. The average molecular weight is 353 g/mol. The highest BCUT2D eigenvalue weighted by Crippen LogP contribution is 2.20. The quantitative estimate of drug-likeness (QED) is 0.756. The summed E-state index contributed by atoms with van der Waals surface area (Å²) in [6, 6.07) is 0.330. The maximum atomic E-state index is 12.4. The van der Waals surface area contributed by atoms with E-state index in [9.17, 15) is 4.79 Å². The number of nitrogens with two attached hydrogens (primary N) is 1. The number of nitrogens with one attached hydrogen (secondary N) is 1. The lowest BCUT2D eigenvalue weighted by atomic mass is 10.1. The van der Waals surface area contributed by atoms with E-state index in [0.717, 1.165) is 12.8 Å². The van der Waals surface area contributed by atoms with Gasteiger partial charge in [-0.05, 0) is 19.8 Å². The van der Waals surface area contributed by atoms with Gasteiger partial charge in [0.15, 0.2) is 0 Å². The molecule has 8 heteroatoms. The van der Waals surface area contributed by atoms with E-state index < -0.39 is 0 Å². The number of thioether (sulfide) groups is 1. The van der Waals surface area contributed by atoms with Crippen LogP contribution in [0.5, 0.6) is 0 Å². The van der Waals surface area contributed by atoms with Gasteiger partial charge in [-0.15, -0.1) is 11.8 Å². The topological polar surface area (TPSA) is 97.0 Å². The number of hydrogen-bond donors (Lipinski definition) is 2. The molecule has 24 heavy (non-hydrogen) atoms. The zero-order chi connectivity index (χ0) is 17.5. The van der Waals surface area contributed by atoms with Crippen LogP contribution >= 0.6 is 11.8 Å². The summed E-state index contributed by atoms with van der Waals surface area (Å²) < 4.78 is 0. The minimum absolute atomic E-state index is 0.0989. The fourth-order valence-electron chi connectivity index (χ4n) is 2.71. The van der Waals surface area contributed by atoms with E-state index in [1.54, 1.807) is 4.90 Å². The second-order valence-electron chi connectivity index (χ2n) is 6.45. The highest BCUT2D eigenvalue weighted by atomic mass is 32.2. The number of rotatable bonds is 6. The first-order chi connectivity index (χ1) is 11.5. The summed E-state index contributed by atoms with van der Waals surface area (Å²) in [4.78, 5) is 26.7. The zero-order valence-electron chi connectivity index (χ0n) is 14.8. The molecule has 7 nitrogen and oxygen atoms in total. The minimum Gasteiger partial charge on any atom is -0.368 e. The molecule has 1 atom stereocenters. The third-order valence-electron chi connectivity index (χ3n) is 4.12. The third-order valence-corrected chi connectivity index (χ3v) is 5.26. The molecule has 1 aromatic heterocycles. The normalized spacial score (nSPS) is 17.1. The molecule has 134 valence electrons. The van der Waals surface area contributed by atoms with Crippen LogP contribution in [0.2, 0.25) is 0 Å². The fraction of sp³-hybridized carbons (Fsp3) is 0.750. The van der Waals surface area contributed by atoms with Gasteiger partial charge in [0.1, 0.15) is 5.82 Å². The van der Waals surface area contributed by atoms with Gasteiger partial charge in [0.2, 0.25) is 17.8 Å². The van der Waals surface area contributed by atoms with Crippen molar-refractivity contribution in [1.82, 2.24) is 20.3 Å². The van der Waals surface area contributed by atoms with Crippen molar-refractivity contribution in [2.45, 2.75) is 62.5 Å². The maximum absolute atomic E-state index is 12.4. The molecule has 1 heterocycles. The Morgan fingerprint density at radius 2 is 1.92 bits per heavy atom. The number of nitrogens with zero attached hydrogens (tertiary/aromatic N) is 4. The van der Waals surface area contributed by atoms with Gasteiger partial charge in [0.25, 0.3) is 0 Å². The van der Waals surface area contributed by atoms with Crippen molar-refractivity contribution in [1.29, 1.82) is 0 Å². The van der Waals surface area contributed by atoms with Crippen LogP contribution in [0.1, 0.15) is 51.3 Å². The third kappa shape index (κ3) is 5.81. The maximum Gasteiger partial charge on any atom is 0.233 e. The van der Waals surface area contributed by atoms with Crippen LogP contribution in [0, 0.1) is 0 Å². The van der Waals surface area contributed by atoms with Crippen molar-refractivity contribution in [3.05, 3.63) is 5.82 Å². The smallest absolute Gasteiger partial charge is 0.233 e. The van der Waals surface area contributed by atoms with Crippen LogP contribution in [0.25, 0.3) is 0 Å². The number of nitrogen functional groups attached to an aromatic ring is 1. The SMILES string of the molecule is C[C@H](SCc1nc(N)nc(N(C)C)n1)C(=O)NC1CCCCCC1. The summed E-state index contributed by atoms with van der Waals surface area (Å²) in [5.41, 5.74) is 5.72. The number of carbonyl (C=O) groups excluding carboxylic acids is 1. The lowest BCUT2D eigenvalue weighted by Gasteiger charge is -2.19. The van der Waals surface area contributed by atoms with Gasteiger partial charge >= 0.3 is 0 Å². The molecule has 1 aromatic rings. The fourth-order valence-corrected chi connectivity index (χ4v) is 3.45. The highest BCUT2D eigenvalue weighted by molar-refractivity contribution is 7.99. The van der Waals surface area contributed by atoms with Gasteiger partial charge in [0.05, 0.1) is 11.0 Å². The monoisotopic (exact) mass is 352 g/mol. The summed E-state index contributed by atoms with van der Waals surface area (Å²) in [6.45, 7) is 1.92. The summed E-state index contributed by atoms with van der Waals surface area (Å²) >= 11 is 1.52. The van der Waals surface area contributed by atoms with Crippen molar-refractivity contribution in [3.8, 4) is 0 Å². The molecule has 1 fully saturated rings. The van der Waals surface area contributed by atoms with E-state index in [1.165, 1.54) is 37.4 Å². The number of anilines is 2. The largest absolute Gasteiger partial charge is 0.368 e. The Morgan fingerprint density at radius 1 is 1.25 bits per heavy atom. The number of hydrogen-bond acceptors (Lipinski definition) is 7. The van der Waals surface area contributed by atoms with Crippen molar-refractivity contribution in [2.75, 3.05) is 24.7 Å². The minimum atomic E-state index is -0.144. The van der Waals surface area contributed by atoms with Gasteiger partial charge < -0.3 is 16.0 Å².